The van der Waals surface area contributed by atoms with Gasteiger partial charge in [-0.05, 0) is 70.7 Å². The van der Waals surface area contributed by atoms with Gasteiger partial charge in [0.2, 0.25) is 0 Å². The van der Waals surface area contributed by atoms with Crippen LogP contribution in [0, 0.1) is 27.7 Å². The number of aryl methyl sites for hydroxylation is 4. The van der Waals surface area contributed by atoms with Gasteiger partial charge in [-0.2, -0.15) is 0 Å². The second-order valence-corrected chi connectivity index (χ2v) is 7.56. The van der Waals surface area contributed by atoms with E-state index in [1.807, 2.05) is 6.21 Å². The minimum absolute atomic E-state index is 0.189. The summed E-state index contributed by atoms with van der Waals surface area (Å²) in [6.07, 6.45) is 1.84. The molecule has 2 aromatic rings. The zero-order chi connectivity index (χ0) is 18.6. The Morgan fingerprint density at radius 1 is 0.840 bits per heavy atom. The van der Waals surface area contributed by atoms with Gasteiger partial charge >= 0.3 is 0 Å². The smallest absolute Gasteiger partial charge is 0.144 e. The third-order valence-electron chi connectivity index (χ3n) is 3.95. The van der Waals surface area contributed by atoms with Gasteiger partial charge in [-0.15, -0.1) is 0 Å². The number of hydrogen-bond donors (Lipinski definition) is 1. The van der Waals surface area contributed by atoms with Gasteiger partial charge in [0, 0.05) is 5.69 Å². The molecule has 0 spiro atoms. The second-order valence-electron chi connectivity index (χ2n) is 7.56. The third kappa shape index (κ3) is 5.28. The lowest BCUT2D eigenvalue weighted by atomic mass is 10.1. The Hall–Kier alpha value is -2.42. The molecule has 2 aromatic carbocycles. The Kier molecular flexibility index (Phi) is 5.78. The Labute approximate surface area is 151 Å². The zero-order valence-corrected chi connectivity index (χ0v) is 16.4. The van der Waals surface area contributed by atoms with Crippen LogP contribution in [-0.4, -0.2) is 17.6 Å². The first-order valence-corrected chi connectivity index (χ1v) is 8.71. The molecule has 0 amide bonds. The average Bonchev–Trinajstić information content (AvgIpc) is 2.49. The molecule has 0 unspecified atom stereocenters. The molecule has 132 valence electrons. The van der Waals surface area contributed by atoms with Gasteiger partial charge in [-0.25, -0.2) is 0 Å². The molecule has 0 fully saturated rings. The summed E-state index contributed by atoms with van der Waals surface area (Å²) in [5.41, 5.74) is 6.64. The molecule has 0 radical (unpaired) electrons. The van der Waals surface area contributed by atoms with Gasteiger partial charge < -0.3 is 5.32 Å². The van der Waals surface area contributed by atoms with E-state index >= 15 is 0 Å². The van der Waals surface area contributed by atoms with Crippen LogP contribution in [0.15, 0.2) is 46.4 Å². The lowest BCUT2D eigenvalue weighted by molar-refractivity contribution is 0.585. The fourth-order valence-corrected chi connectivity index (χ4v) is 2.73. The lowest BCUT2D eigenvalue weighted by Gasteiger charge is -2.17. The molecule has 0 atom stereocenters. The van der Waals surface area contributed by atoms with Gasteiger partial charge in [0.15, 0.2) is 0 Å². The molecule has 1 N–H and O–H groups in total. The van der Waals surface area contributed by atoms with Crippen LogP contribution in [0.3, 0.4) is 0 Å². The van der Waals surface area contributed by atoms with Gasteiger partial charge in [0.25, 0.3) is 0 Å². The summed E-state index contributed by atoms with van der Waals surface area (Å²) >= 11 is 0. The number of nitrogens with zero attached hydrogens (tertiary/aromatic N) is 2. The van der Waals surface area contributed by atoms with Crippen molar-refractivity contribution in [2.45, 2.75) is 54.0 Å². The normalized spacial score (nSPS) is 12.7. The summed E-state index contributed by atoms with van der Waals surface area (Å²) in [5.74, 6) is 0.771. The summed E-state index contributed by atoms with van der Waals surface area (Å²) < 4.78 is 0. The van der Waals surface area contributed by atoms with Crippen molar-refractivity contribution in [3.63, 3.8) is 0 Å². The van der Waals surface area contributed by atoms with E-state index < -0.39 is 0 Å². The number of hydrogen-bond acceptors (Lipinski definition) is 2. The zero-order valence-electron chi connectivity index (χ0n) is 16.4. The van der Waals surface area contributed by atoms with Crippen LogP contribution in [0.25, 0.3) is 0 Å². The first-order chi connectivity index (χ1) is 11.7. The molecule has 0 aliphatic rings. The molecule has 2 rings (SSSR count). The number of rotatable bonds is 3. The van der Waals surface area contributed by atoms with Crippen molar-refractivity contribution in [2.24, 2.45) is 9.98 Å². The number of benzene rings is 2. The first-order valence-electron chi connectivity index (χ1n) is 8.71. The third-order valence-corrected chi connectivity index (χ3v) is 3.95. The van der Waals surface area contributed by atoms with Crippen LogP contribution in [0.5, 0.6) is 0 Å². The van der Waals surface area contributed by atoms with Gasteiger partial charge in [-0.3, -0.25) is 9.98 Å². The van der Waals surface area contributed by atoms with Crippen molar-refractivity contribution in [1.82, 2.24) is 0 Å². The van der Waals surface area contributed by atoms with E-state index in [1.165, 1.54) is 22.3 Å². The molecule has 3 heteroatoms. The maximum absolute atomic E-state index is 4.82. The molecule has 0 saturated carbocycles. The number of anilines is 1. The fraction of sp³-hybridized carbons (Fsp3) is 0.364. The topological polar surface area (TPSA) is 36.8 Å². The SMILES string of the molecule is Cc1cccc(C)c1N=CC(=NC(C)(C)C)Nc1c(C)cccc1C. The van der Waals surface area contributed by atoms with Crippen molar-refractivity contribution >= 4 is 23.4 Å². The molecular formula is C22H29N3. The average molecular weight is 335 g/mol. The standard InChI is InChI=1S/C22H29N3/c1-15-10-8-11-16(2)20(15)23-14-19(25-22(5,6)7)24-21-17(3)12-9-13-18(21)4/h8-14H,1-7H3,(H,24,25). The summed E-state index contributed by atoms with van der Waals surface area (Å²) in [5, 5.41) is 3.48. The number of aliphatic imine (C=N–C) groups is 2. The minimum Gasteiger partial charge on any atom is -0.339 e. The predicted molar refractivity (Wildman–Crippen MR) is 111 cm³/mol. The van der Waals surface area contributed by atoms with Crippen molar-refractivity contribution in [1.29, 1.82) is 0 Å². The summed E-state index contributed by atoms with van der Waals surface area (Å²) in [6.45, 7) is 14.6. The van der Waals surface area contributed by atoms with Gasteiger partial charge in [0.05, 0.1) is 17.4 Å². The molecule has 0 bridgehead atoms. The quantitative estimate of drug-likeness (QED) is 0.547. The van der Waals surface area contributed by atoms with Crippen molar-refractivity contribution in [3.05, 3.63) is 58.7 Å². The van der Waals surface area contributed by atoms with E-state index in [0.717, 1.165) is 17.2 Å². The predicted octanol–water partition coefficient (Wildman–Crippen LogP) is 5.93. The Bertz CT molecular complexity index is 768. The summed E-state index contributed by atoms with van der Waals surface area (Å²) in [6, 6.07) is 12.5. The number of para-hydroxylation sites is 2. The van der Waals surface area contributed by atoms with Crippen molar-refractivity contribution in [2.75, 3.05) is 5.32 Å². The Morgan fingerprint density at radius 2 is 1.32 bits per heavy atom. The van der Waals surface area contributed by atoms with Crippen LogP contribution in [0.4, 0.5) is 11.4 Å². The van der Waals surface area contributed by atoms with Crippen LogP contribution < -0.4 is 5.32 Å². The van der Waals surface area contributed by atoms with E-state index in [1.54, 1.807) is 0 Å². The molecule has 25 heavy (non-hydrogen) atoms. The van der Waals surface area contributed by atoms with E-state index in [2.05, 4.69) is 90.2 Å². The Morgan fingerprint density at radius 3 is 1.80 bits per heavy atom. The van der Waals surface area contributed by atoms with Gasteiger partial charge in [0.1, 0.15) is 5.84 Å². The molecule has 0 saturated heterocycles. The van der Waals surface area contributed by atoms with Crippen molar-refractivity contribution in [3.8, 4) is 0 Å². The molecule has 3 nitrogen and oxygen atoms in total. The monoisotopic (exact) mass is 335 g/mol. The molecule has 0 heterocycles. The molecule has 0 aromatic heterocycles. The molecule has 0 aliphatic heterocycles. The highest BCUT2D eigenvalue weighted by Gasteiger charge is 2.11. The summed E-state index contributed by atoms with van der Waals surface area (Å²) in [7, 11) is 0. The van der Waals surface area contributed by atoms with E-state index in [0.29, 0.717) is 0 Å². The highest BCUT2D eigenvalue weighted by Crippen LogP contribution is 2.23. The Balaban J connectivity index is 2.41. The molecule has 0 aliphatic carbocycles. The first kappa shape index (κ1) is 18.9. The van der Waals surface area contributed by atoms with Crippen molar-refractivity contribution < 1.29 is 0 Å². The summed E-state index contributed by atoms with van der Waals surface area (Å²) in [4.78, 5) is 9.54. The molecular weight excluding hydrogens is 306 g/mol. The van der Waals surface area contributed by atoms with Crippen LogP contribution in [-0.2, 0) is 0 Å². The lowest BCUT2D eigenvalue weighted by Crippen LogP contribution is -2.22. The van der Waals surface area contributed by atoms with Crippen LogP contribution in [0.1, 0.15) is 43.0 Å². The van der Waals surface area contributed by atoms with Gasteiger partial charge in [-0.1, -0.05) is 36.4 Å². The number of nitrogens with one attached hydrogen (secondary N) is 1. The van der Waals surface area contributed by atoms with E-state index in [9.17, 15) is 0 Å². The number of amidine groups is 1. The highest BCUT2D eigenvalue weighted by atomic mass is 15.0. The minimum atomic E-state index is -0.189. The maximum Gasteiger partial charge on any atom is 0.144 e. The maximum atomic E-state index is 4.82. The van der Waals surface area contributed by atoms with Crippen LogP contribution in [0.2, 0.25) is 0 Å². The largest absolute Gasteiger partial charge is 0.339 e. The highest BCUT2D eigenvalue weighted by molar-refractivity contribution is 6.35. The van der Waals surface area contributed by atoms with E-state index in [4.69, 9.17) is 9.98 Å². The second kappa shape index (κ2) is 7.64. The fourth-order valence-electron chi connectivity index (χ4n) is 2.73. The van der Waals surface area contributed by atoms with Crippen LogP contribution >= 0.6 is 0 Å². The van der Waals surface area contributed by atoms with E-state index in [-0.39, 0.29) is 5.54 Å².